The predicted molar refractivity (Wildman–Crippen MR) is 144 cm³/mol. The summed E-state index contributed by atoms with van der Waals surface area (Å²) >= 11 is 0. The fourth-order valence-corrected chi connectivity index (χ4v) is 6.96. The fraction of sp³-hybridized carbons (Fsp3) is 0.286. The molecule has 3 aromatic carbocycles. The van der Waals surface area contributed by atoms with E-state index in [-0.39, 0.29) is 0 Å². The first-order valence-electron chi connectivity index (χ1n) is 12.4. The molecule has 0 saturated carbocycles. The minimum atomic E-state index is -3.58. The van der Waals surface area contributed by atoms with Crippen LogP contribution in [0.25, 0.3) is 10.8 Å². The number of hydrogen-bond acceptors (Lipinski definition) is 6. The van der Waals surface area contributed by atoms with Crippen molar-refractivity contribution in [3.05, 3.63) is 83.0 Å². The van der Waals surface area contributed by atoms with Crippen LogP contribution >= 0.6 is 0 Å². The summed E-state index contributed by atoms with van der Waals surface area (Å²) in [4.78, 5) is 11.9. The lowest BCUT2D eigenvalue weighted by atomic mass is 10.1. The van der Waals surface area contributed by atoms with Gasteiger partial charge in [-0.3, -0.25) is 0 Å². The molecule has 1 saturated heterocycles. The summed E-state index contributed by atoms with van der Waals surface area (Å²) < 4.78 is 29.0. The maximum Gasteiger partial charge on any atom is 0.243 e. The molecule has 2 aliphatic rings. The number of benzene rings is 3. The van der Waals surface area contributed by atoms with Crippen LogP contribution in [0.3, 0.4) is 0 Å². The molecule has 4 aromatic rings. The van der Waals surface area contributed by atoms with Gasteiger partial charge in [-0.1, -0.05) is 42.0 Å². The van der Waals surface area contributed by atoms with Crippen molar-refractivity contribution in [3.63, 3.8) is 0 Å². The molecule has 184 valence electrons. The zero-order valence-corrected chi connectivity index (χ0v) is 21.3. The topological polar surface area (TPSA) is 78.4 Å². The van der Waals surface area contributed by atoms with Crippen molar-refractivity contribution in [2.75, 3.05) is 36.4 Å². The van der Waals surface area contributed by atoms with Crippen molar-refractivity contribution in [1.29, 1.82) is 0 Å². The number of sulfonamides is 1. The van der Waals surface area contributed by atoms with Gasteiger partial charge in [0.1, 0.15) is 5.82 Å². The highest BCUT2D eigenvalue weighted by Gasteiger charge is 2.33. The Balaban J connectivity index is 1.20. The Bertz CT molecular complexity index is 1560. The van der Waals surface area contributed by atoms with E-state index in [4.69, 9.17) is 4.98 Å². The third kappa shape index (κ3) is 4.10. The highest BCUT2D eigenvalue weighted by atomic mass is 32.2. The van der Waals surface area contributed by atoms with Crippen LogP contribution in [0.5, 0.6) is 0 Å². The highest BCUT2D eigenvalue weighted by Crippen LogP contribution is 2.36. The summed E-state index contributed by atoms with van der Waals surface area (Å²) in [6.07, 6.45) is 1.68. The number of rotatable bonds is 5. The van der Waals surface area contributed by atoms with Crippen LogP contribution < -0.4 is 10.2 Å². The maximum atomic E-state index is 13.7. The summed E-state index contributed by atoms with van der Waals surface area (Å²) in [5.41, 5.74) is 5.24. The molecular weight excluding hydrogens is 470 g/mol. The van der Waals surface area contributed by atoms with E-state index >= 15 is 0 Å². The molecule has 1 fully saturated rings. The van der Waals surface area contributed by atoms with E-state index in [9.17, 15) is 8.42 Å². The summed E-state index contributed by atoms with van der Waals surface area (Å²) in [6, 6.07) is 20.0. The molecule has 0 unspecified atom stereocenters. The quantitative estimate of drug-likeness (QED) is 0.432. The number of nitrogens with one attached hydrogen (secondary N) is 1. The standard InChI is InChI=1S/C28H29N5O2S/c1-19-6-10-23(11-7-19)30-26-18-20(2)29-28(31-26)32-14-16-33(17-15-32)36(34,35)25-13-9-22-5-3-4-21-8-12-24(25)27(21)22/h3-7,9-11,13,18H,8,12,14-17H2,1-2H3,(H,29,30,31). The van der Waals surface area contributed by atoms with Crippen molar-refractivity contribution < 1.29 is 8.42 Å². The average Bonchev–Trinajstić information content (AvgIpc) is 3.31. The molecule has 8 heteroatoms. The summed E-state index contributed by atoms with van der Waals surface area (Å²) in [5, 5.41) is 5.60. The second kappa shape index (κ2) is 8.87. The van der Waals surface area contributed by atoms with Gasteiger partial charge in [0.15, 0.2) is 0 Å². The summed E-state index contributed by atoms with van der Waals surface area (Å²) in [6.45, 7) is 5.89. The number of anilines is 3. The van der Waals surface area contributed by atoms with Gasteiger partial charge in [0, 0.05) is 43.6 Å². The lowest BCUT2D eigenvalue weighted by Gasteiger charge is -2.34. The Morgan fingerprint density at radius 3 is 2.42 bits per heavy atom. The fourth-order valence-electron chi connectivity index (χ4n) is 5.28. The first kappa shape index (κ1) is 22.9. The van der Waals surface area contributed by atoms with Crippen LogP contribution in [0.4, 0.5) is 17.5 Å². The minimum absolute atomic E-state index is 0.402. The van der Waals surface area contributed by atoms with Gasteiger partial charge in [-0.2, -0.15) is 9.29 Å². The van der Waals surface area contributed by atoms with Crippen LogP contribution in [-0.4, -0.2) is 48.9 Å². The van der Waals surface area contributed by atoms with Crippen LogP contribution in [0.15, 0.2) is 65.6 Å². The van der Waals surface area contributed by atoms with E-state index in [1.807, 2.05) is 31.2 Å². The van der Waals surface area contributed by atoms with Gasteiger partial charge in [0.25, 0.3) is 0 Å². The molecule has 7 nitrogen and oxygen atoms in total. The molecule has 36 heavy (non-hydrogen) atoms. The van der Waals surface area contributed by atoms with Crippen molar-refractivity contribution in [2.45, 2.75) is 31.6 Å². The van der Waals surface area contributed by atoms with Crippen LogP contribution in [0, 0.1) is 13.8 Å². The number of aromatic nitrogens is 2. The van der Waals surface area contributed by atoms with Gasteiger partial charge in [0.05, 0.1) is 4.90 Å². The molecule has 0 spiro atoms. The SMILES string of the molecule is Cc1ccc(Nc2cc(C)nc(N3CCN(S(=O)(=O)c4ccc5cccc6c5c4CC6)CC3)n2)cc1. The van der Waals surface area contributed by atoms with E-state index in [2.05, 4.69) is 52.5 Å². The Labute approximate surface area is 211 Å². The lowest BCUT2D eigenvalue weighted by Crippen LogP contribution is -2.49. The zero-order chi connectivity index (χ0) is 24.9. The molecule has 2 heterocycles. The number of piperazine rings is 1. The van der Waals surface area contributed by atoms with Crippen LogP contribution in [0.2, 0.25) is 0 Å². The minimum Gasteiger partial charge on any atom is -0.340 e. The van der Waals surface area contributed by atoms with E-state index in [0.717, 1.165) is 46.4 Å². The van der Waals surface area contributed by atoms with Crippen molar-refractivity contribution in [2.24, 2.45) is 0 Å². The molecule has 1 aliphatic heterocycles. The zero-order valence-electron chi connectivity index (χ0n) is 20.5. The van der Waals surface area contributed by atoms with E-state index in [1.165, 1.54) is 11.1 Å². The van der Waals surface area contributed by atoms with E-state index in [1.54, 1.807) is 10.4 Å². The van der Waals surface area contributed by atoms with Crippen molar-refractivity contribution >= 4 is 38.2 Å². The predicted octanol–water partition coefficient (Wildman–Crippen LogP) is 4.60. The van der Waals surface area contributed by atoms with Crippen LogP contribution in [-0.2, 0) is 22.9 Å². The monoisotopic (exact) mass is 499 g/mol. The van der Waals surface area contributed by atoms with Gasteiger partial charge < -0.3 is 10.2 Å². The molecule has 0 atom stereocenters. The van der Waals surface area contributed by atoms with Gasteiger partial charge in [0.2, 0.25) is 16.0 Å². The van der Waals surface area contributed by atoms with Gasteiger partial charge in [-0.15, -0.1) is 0 Å². The first-order valence-corrected chi connectivity index (χ1v) is 13.8. The largest absolute Gasteiger partial charge is 0.340 e. The normalized spacial score (nSPS) is 16.0. The van der Waals surface area contributed by atoms with Crippen LogP contribution in [0.1, 0.15) is 22.4 Å². The molecule has 0 radical (unpaired) electrons. The smallest absolute Gasteiger partial charge is 0.243 e. The molecule has 6 rings (SSSR count). The third-order valence-corrected chi connectivity index (χ3v) is 9.13. The summed E-state index contributed by atoms with van der Waals surface area (Å²) in [7, 11) is -3.58. The summed E-state index contributed by atoms with van der Waals surface area (Å²) in [5.74, 6) is 1.35. The van der Waals surface area contributed by atoms with Gasteiger partial charge in [-0.05, 0) is 66.8 Å². The van der Waals surface area contributed by atoms with E-state index < -0.39 is 10.0 Å². The van der Waals surface area contributed by atoms with Crippen molar-refractivity contribution in [1.82, 2.24) is 14.3 Å². The lowest BCUT2D eigenvalue weighted by molar-refractivity contribution is 0.382. The maximum absolute atomic E-state index is 13.7. The molecule has 1 aliphatic carbocycles. The molecule has 0 bridgehead atoms. The Kier molecular flexibility index (Phi) is 5.65. The number of aryl methyl sites for hydroxylation is 4. The number of hydrogen-bond donors (Lipinski definition) is 1. The average molecular weight is 500 g/mol. The molecule has 1 N–H and O–H groups in total. The number of nitrogens with zero attached hydrogens (tertiary/aromatic N) is 4. The molecule has 1 aromatic heterocycles. The highest BCUT2D eigenvalue weighted by molar-refractivity contribution is 7.89. The Morgan fingerprint density at radius 2 is 1.64 bits per heavy atom. The molecular formula is C28H29N5O2S. The van der Waals surface area contributed by atoms with Gasteiger partial charge in [-0.25, -0.2) is 13.4 Å². The van der Waals surface area contributed by atoms with E-state index in [0.29, 0.717) is 37.0 Å². The van der Waals surface area contributed by atoms with Gasteiger partial charge >= 0.3 is 0 Å². The Morgan fingerprint density at radius 1 is 0.861 bits per heavy atom. The second-order valence-corrected chi connectivity index (χ2v) is 11.5. The third-order valence-electron chi connectivity index (χ3n) is 7.15. The Hall–Kier alpha value is -3.49. The second-order valence-electron chi connectivity index (χ2n) is 9.63. The first-order chi connectivity index (χ1) is 17.4. The van der Waals surface area contributed by atoms with Crippen molar-refractivity contribution in [3.8, 4) is 0 Å². The molecule has 0 amide bonds.